The highest BCUT2D eigenvalue weighted by molar-refractivity contribution is 5.88. The van der Waals surface area contributed by atoms with Gasteiger partial charge in [-0.05, 0) is 36.6 Å². The van der Waals surface area contributed by atoms with Crippen LogP contribution in [0.4, 0.5) is 14.6 Å². The largest absolute Gasteiger partial charge is 0.356 e. The minimum absolute atomic E-state index is 0.00563. The molecule has 0 N–H and O–H groups in total. The van der Waals surface area contributed by atoms with Gasteiger partial charge in [0.25, 0.3) is 5.91 Å². The summed E-state index contributed by atoms with van der Waals surface area (Å²) in [5.41, 5.74) is 0.146. The zero-order valence-electron chi connectivity index (χ0n) is 16.7. The molecule has 3 fully saturated rings. The van der Waals surface area contributed by atoms with E-state index in [1.54, 1.807) is 18.3 Å². The Morgan fingerprint density at radius 1 is 1.13 bits per heavy atom. The van der Waals surface area contributed by atoms with E-state index in [1.165, 1.54) is 16.6 Å². The van der Waals surface area contributed by atoms with E-state index in [0.29, 0.717) is 25.9 Å². The Labute approximate surface area is 177 Å². The third-order valence-corrected chi connectivity index (χ3v) is 6.79. The number of carbonyl (C=O) groups excluding carboxylic acids is 1. The molecule has 1 amide bonds. The molecule has 3 aliphatic rings. The topological polar surface area (TPSA) is 63.0 Å². The maximum atomic E-state index is 13.9. The Hall–Kier alpha value is -3.07. The first-order chi connectivity index (χ1) is 15.1. The van der Waals surface area contributed by atoms with Gasteiger partial charge in [-0.2, -0.15) is 9.61 Å². The van der Waals surface area contributed by atoms with Gasteiger partial charge < -0.3 is 14.5 Å². The Morgan fingerprint density at radius 3 is 2.77 bits per heavy atom. The molecule has 9 heteroatoms. The first-order valence-electron chi connectivity index (χ1n) is 10.5. The molecule has 3 aliphatic heterocycles. The maximum Gasteiger partial charge on any atom is 0.257 e. The smallest absolute Gasteiger partial charge is 0.257 e. The fourth-order valence-electron chi connectivity index (χ4n) is 5.27. The third-order valence-electron chi connectivity index (χ3n) is 6.79. The number of hydrogen-bond acceptors (Lipinski definition) is 5. The van der Waals surface area contributed by atoms with E-state index in [1.807, 2.05) is 11.0 Å². The zero-order chi connectivity index (χ0) is 21.2. The summed E-state index contributed by atoms with van der Waals surface area (Å²) < 4.78 is 35.4. The van der Waals surface area contributed by atoms with Crippen molar-refractivity contribution in [2.45, 2.75) is 43.6 Å². The third kappa shape index (κ3) is 2.76. The number of fused-ring (bicyclic) bond motifs is 2. The average Bonchev–Trinajstić information content (AvgIpc) is 3.44. The summed E-state index contributed by atoms with van der Waals surface area (Å²) in [5.74, 6) is -0.0230. The second-order valence-electron chi connectivity index (χ2n) is 8.45. The molecule has 5 heterocycles. The first kappa shape index (κ1) is 18.7. The highest BCUT2D eigenvalue weighted by Gasteiger charge is 2.58. The quantitative estimate of drug-likeness (QED) is 0.632. The molecular formula is C22H21F2N5O2. The van der Waals surface area contributed by atoms with Crippen LogP contribution >= 0.6 is 0 Å². The summed E-state index contributed by atoms with van der Waals surface area (Å²) in [6.45, 7) is 1.16. The molecule has 1 aromatic carbocycles. The van der Waals surface area contributed by atoms with Gasteiger partial charge in [0.05, 0.1) is 12.2 Å². The van der Waals surface area contributed by atoms with E-state index in [9.17, 15) is 13.6 Å². The second-order valence-corrected chi connectivity index (χ2v) is 8.45. The van der Waals surface area contributed by atoms with E-state index in [2.05, 4.69) is 15.0 Å². The fraction of sp³-hybridized carbons (Fsp3) is 0.409. The molecule has 0 unspecified atom stereocenters. The van der Waals surface area contributed by atoms with Crippen LogP contribution in [0.1, 0.15) is 37.3 Å². The lowest BCUT2D eigenvalue weighted by molar-refractivity contribution is -0.140. The van der Waals surface area contributed by atoms with Crippen LogP contribution in [0, 0.1) is 11.6 Å². The molecule has 160 valence electrons. The lowest BCUT2D eigenvalue weighted by Gasteiger charge is -2.38. The Morgan fingerprint density at radius 2 is 1.97 bits per heavy atom. The zero-order valence-corrected chi connectivity index (χ0v) is 16.7. The van der Waals surface area contributed by atoms with Gasteiger partial charge in [-0.1, -0.05) is 12.1 Å². The number of hydrogen-bond donors (Lipinski definition) is 0. The number of carbonyl (C=O) groups is 1. The number of benzene rings is 1. The van der Waals surface area contributed by atoms with Crippen molar-refractivity contribution >= 4 is 17.4 Å². The molecule has 7 nitrogen and oxygen atoms in total. The molecule has 3 saturated heterocycles. The van der Waals surface area contributed by atoms with Gasteiger partial charge in [0.15, 0.2) is 17.1 Å². The molecule has 0 radical (unpaired) electrons. The molecule has 31 heavy (non-hydrogen) atoms. The summed E-state index contributed by atoms with van der Waals surface area (Å²) in [7, 11) is 0. The second kappa shape index (κ2) is 6.71. The summed E-state index contributed by atoms with van der Waals surface area (Å²) in [5, 5.41) is 4.09. The summed E-state index contributed by atoms with van der Waals surface area (Å²) >= 11 is 0. The number of ether oxygens (including phenoxy) is 1. The predicted molar refractivity (Wildman–Crippen MR) is 107 cm³/mol. The van der Waals surface area contributed by atoms with Gasteiger partial charge in [-0.25, -0.2) is 13.8 Å². The van der Waals surface area contributed by atoms with E-state index in [4.69, 9.17) is 4.74 Å². The number of anilines is 1. The van der Waals surface area contributed by atoms with Crippen LogP contribution in [0.5, 0.6) is 0 Å². The monoisotopic (exact) mass is 425 g/mol. The molecule has 2 atom stereocenters. The molecule has 6 rings (SSSR count). The van der Waals surface area contributed by atoms with Crippen molar-refractivity contribution in [3.63, 3.8) is 0 Å². The van der Waals surface area contributed by atoms with Crippen molar-refractivity contribution in [2.75, 3.05) is 18.0 Å². The SMILES string of the molecule is O=C1N2[C@@H](CC[C@H]2c2cccc(F)c2)OC12CCN(c1ccnc3c(F)cnn13)CC2. The lowest BCUT2D eigenvalue weighted by Crippen LogP contribution is -2.50. The standard InChI is InChI=1S/C22H21F2N5O2/c23-15-3-1-2-14(12-15)17-4-5-19-28(17)21(30)22(31-19)7-10-27(11-8-22)18-6-9-25-20-16(24)13-26-29(18)20/h1-3,6,9,12-13,17,19H,4-5,7-8,10-11H2/t17-,19+/m0/s1. The van der Waals surface area contributed by atoms with Crippen molar-refractivity contribution in [3.8, 4) is 0 Å². The number of aromatic nitrogens is 3. The van der Waals surface area contributed by atoms with Crippen molar-refractivity contribution in [1.29, 1.82) is 0 Å². The van der Waals surface area contributed by atoms with Crippen LogP contribution in [0.25, 0.3) is 5.65 Å². The summed E-state index contributed by atoms with van der Waals surface area (Å²) in [4.78, 5) is 21.4. The summed E-state index contributed by atoms with van der Waals surface area (Å²) in [6.07, 6.45) is 5.03. The van der Waals surface area contributed by atoms with Crippen LogP contribution in [0.2, 0.25) is 0 Å². The van der Waals surface area contributed by atoms with Gasteiger partial charge in [0.2, 0.25) is 0 Å². The van der Waals surface area contributed by atoms with E-state index < -0.39 is 11.4 Å². The van der Waals surface area contributed by atoms with Crippen LogP contribution in [-0.4, -0.2) is 50.3 Å². The lowest BCUT2D eigenvalue weighted by atomic mass is 9.89. The van der Waals surface area contributed by atoms with E-state index in [-0.39, 0.29) is 29.6 Å². The Kier molecular flexibility index (Phi) is 4.05. The van der Waals surface area contributed by atoms with Gasteiger partial charge in [-0.15, -0.1) is 0 Å². The minimum Gasteiger partial charge on any atom is -0.356 e. The number of rotatable bonds is 2. The van der Waals surface area contributed by atoms with Gasteiger partial charge in [0, 0.05) is 32.1 Å². The van der Waals surface area contributed by atoms with E-state index in [0.717, 1.165) is 30.4 Å². The fourth-order valence-corrected chi connectivity index (χ4v) is 5.27. The Balaban J connectivity index is 1.23. The summed E-state index contributed by atoms with van der Waals surface area (Å²) in [6, 6.07) is 8.11. The van der Waals surface area contributed by atoms with Crippen molar-refractivity contribution < 1.29 is 18.3 Å². The van der Waals surface area contributed by atoms with E-state index >= 15 is 0 Å². The molecule has 2 aromatic heterocycles. The van der Waals surface area contributed by atoms with Crippen LogP contribution in [0.15, 0.2) is 42.7 Å². The highest BCUT2D eigenvalue weighted by atomic mass is 19.1. The van der Waals surface area contributed by atoms with Crippen LogP contribution in [-0.2, 0) is 9.53 Å². The van der Waals surface area contributed by atoms with Crippen molar-refractivity contribution in [2.24, 2.45) is 0 Å². The van der Waals surface area contributed by atoms with Gasteiger partial charge in [-0.3, -0.25) is 4.79 Å². The number of piperidine rings is 1. The average molecular weight is 425 g/mol. The molecule has 0 bridgehead atoms. The molecule has 0 aliphatic carbocycles. The van der Waals surface area contributed by atoms with Crippen molar-refractivity contribution in [3.05, 3.63) is 59.9 Å². The van der Waals surface area contributed by atoms with Crippen molar-refractivity contribution in [1.82, 2.24) is 19.5 Å². The number of nitrogens with zero attached hydrogens (tertiary/aromatic N) is 5. The molecule has 0 saturated carbocycles. The first-order valence-corrected chi connectivity index (χ1v) is 10.5. The Bertz CT molecular complexity index is 1170. The van der Waals surface area contributed by atoms with Crippen LogP contribution < -0.4 is 4.90 Å². The number of amides is 1. The maximum absolute atomic E-state index is 13.9. The van der Waals surface area contributed by atoms with Gasteiger partial charge >= 0.3 is 0 Å². The normalized spacial score (nSPS) is 25.0. The molecular weight excluding hydrogens is 404 g/mol. The van der Waals surface area contributed by atoms with Gasteiger partial charge in [0.1, 0.15) is 17.9 Å². The minimum atomic E-state index is -0.853. The highest BCUT2D eigenvalue weighted by Crippen LogP contribution is 2.47. The predicted octanol–water partition coefficient (Wildman–Crippen LogP) is 3.07. The number of halogens is 2. The molecule has 1 spiro atoms. The van der Waals surface area contributed by atoms with Crippen LogP contribution in [0.3, 0.4) is 0 Å². The molecule has 3 aromatic rings.